The van der Waals surface area contributed by atoms with Gasteiger partial charge in [-0.2, -0.15) is 0 Å². The number of hydrogen-bond acceptors (Lipinski definition) is 2. The summed E-state index contributed by atoms with van der Waals surface area (Å²) >= 11 is 2.18. The molecule has 13 heavy (non-hydrogen) atoms. The Morgan fingerprint density at radius 2 is 2.15 bits per heavy atom. The molecular weight excluding hydrogens is 281 g/mol. The van der Waals surface area contributed by atoms with Crippen LogP contribution in [0, 0.1) is 3.57 Å². The Morgan fingerprint density at radius 1 is 1.46 bits per heavy atom. The Morgan fingerprint density at radius 3 is 2.77 bits per heavy atom. The summed E-state index contributed by atoms with van der Waals surface area (Å²) in [5.41, 5.74) is 4.97. The van der Waals surface area contributed by atoms with Crippen molar-refractivity contribution >= 4 is 28.5 Å². The molecule has 0 aliphatic heterocycles. The van der Waals surface area contributed by atoms with Crippen molar-refractivity contribution < 1.29 is 9.53 Å². The van der Waals surface area contributed by atoms with Crippen molar-refractivity contribution in [3.05, 3.63) is 27.8 Å². The molecule has 70 valence electrons. The molecule has 0 aliphatic rings. The third kappa shape index (κ3) is 3.63. The summed E-state index contributed by atoms with van der Waals surface area (Å²) in [5.74, 6) is 0.454. The maximum atomic E-state index is 10.4. The molecule has 0 bridgehead atoms. The highest BCUT2D eigenvalue weighted by Crippen LogP contribution is 2.19. The van der Waals surface area contributed by atoms with E-state index in [1.54, 1.807) is 0 Å². The maximum Gasteiger partial charge on any atom is 0.220 e. The molecule has 0 saturated heterocycles. The fraction of sp³-hybridized carbons (Fsp3) is 0.222. The van der Waals surface area contributed by atoms with Crippen LogP contribution >= 0.6 is 22.6 Å². The van der Waals surface area contributed by atoms with Crippen LogP contribution in [-0.4, -0.2) is 12.5 Å². The average molecular weight is 291 g/mol. The number of primary amides is 1. The highest BCUT2D eigenvalue weighted by molar-refractivity contribution is 14.1. The summed E-state index contributed by atoms with van der Waals surface area (Å²) in [6.45, 7) is 0.343. The molecular formula is C9H10INO2. The first-order valence-electron chi connectivity index (χ1n) is 3.86. The van der Waals surface area contributed by atoms with E-state index in [2.05, 4.69) is 22.6 Å². The van der Waals surface area contributed by atoms with Gasteiger partial charge in [0.15, 0.2) is 0 Å². The lowest BCUT2D eigenvalue weighted by Crippen LogP contribution is -2.14. The van der Waals surface area contributed by atoms with E-state index in [0.29, 0.717) is 6.61 Å². The zero-order valence-corrected chi connectivity index (χ0v) is 9.15. The number of hydrogen-bond donors (Lipinski definition) is 1. The van der Waals surface area contributed by atoms with Gasteiger partial charge in [-0.25, -0.2) is 0 Å². The summed E-state index contributed by atoms with van der Waals surface area (Å²) in [5, 5.41) is 0. The van der Waals surface area contributed by atoms with Crippen molar-refractivity contribution in [2.75, 3.05) is 6.61 Å². The Hall–Kier alpha value is -0.780. The maximum absolute atomic E-state index is 10.4. The van der Waals surface area contributed by atoms with Gasteiger partial charge in [0.1, 0.15) is 5.75 Å². The first kappa shape index (κ1) is 10.3. The quantitative estimate of drug-likeness (QED) is 0.856. The van der Waals surface area contributed by atoms with E-state index in [0.717, 1.165) is 9.32 Å². The average Bonchev–Trinajstić information content (AvgIpc) is 2.08. The summed E-state index contributed by atoms with van der Waals surface area (Å²) < 4.78 is 6.37. The SMILES string of the molecule is NC(=O)CCOc1ccccc1I. The van der Waals surface area contributed by atoms with Crippen molar-refractivity contribution in [3.63, 3.8) is 0 Å². The van der Waals surface area contributed by atoms with E-state index in [1.807, 2.05) is 24.3 Å². The van der Waals surface area contributed by atoms with Crippen LogP contribution in [0.1, 0.15) is 6.42 Å². The largest absolute Gasteiger partial charge is 0.492 e. The molecule has 1 rings (SSSR count). The van der Waals surface area contributed by atoms with Crippen LogP contribution in [0.5, 0.6) is 5.75 Å². The summed E-state index contributed by atoms with van der Waals surface area (Å²) in [7, 11) is 0. The molecule has 1 aromatic carbocycles. The van der Waals surface area contributed by atoms with Gasteiger partial charge >= 0.3 is 0 Å². The zero-order valence-electron chi connectivity index (χ0n) is 7.00. The summed E-state index contributed by atoms with van der Waals surface area (Å²) in [4.78, 5) is 10.4. The predicted octanol–water partition coefficient (Wildman–Crippen LogP) is 1.55. The number of benzene rings is 1. The molecule has 2 N–H and O–H groups in total. The number of nitrogens with two attached hydrogens (primary N) is 1. The topological polar surface area (TPSA) is 52.3 Å². The van der Waals surface area contributed by atoms with Crippen LogP contribution < -0.4 is 10.5 Å². The molecule has 1 amide bonds. The normalized spacial score (nSPS) is 9.62. The van der Waals surface area contributed by atoms with Gasteiger partial charge in [0.05, 0.1) is 16.6 Å². The molecule has 0 atom stereocenters. The second-order valence-electron chi connectivity index (χ2n) is 2.50. The van der Waals surface area contributed by atoms with Crippen LogP contribution in [0.25, 0.3) is 0 Å². The number of para-hydroxylation sites is 1. The second-order valence-corrected chi connectivity index (χ2v) is 3.66. The van der Waals surface area contributed by atoms with Crippen LogP contribution in [-0.2, 0) is 4.79 Å². The smallest absolute Gasteiger partial charge is 0.220 e. The minimum absolute atomic E-state index is 0.255. The van der Waals surface area contributed by atoms with E-state index in [1.165, 1.54) is 0 Å². The Balaban J connectivity index is 2.45. The monoisotopic (exact) mass is 291 g/mol. The van der Waals surface area contributed by atoms with Gasteiger partial charge in [-0.05, 0) is 34.7 Å². The van der Waals surface area contributed by atoms with Crippen molar-refractivity contribution in [2.24, 2.45) is 5.73 Å². The fourth-order valence-corrected chi connectivity index (χ4v) is 1.37. The van der Waals surface area contributed by atoms with Crippen molar-refractivity contribution in [1.82, 2.24) is 0 Å². The molecule has 0 unspecified atom stereocenters. The predicted molar refractivity (Wildman–Crippen MR) is 58.5 cm³/mol. The van der Waals surface area contributed by atoms with Crippen LogP contribution in [0.15, 0.2) is 24.3 Å². The summed E-state index contributed by atoms with van der Waals surface area (Å²) in [6.07, 6.45) is 0.255. The number of ether oxygens (including phenoxy) is 1. The van der Waals surface area contributed by atoms with E-state index < -0.39 is 0 Å². The molecule has 0 fully saturated rings. The molecule has 1 aromatic rings. The van der Waals surface area contributed by atoms with Gasteiger partial charge in [0.25, 0.3) is 0 Å². The Bertz CT molecular complexity index is 301. The molecule has 0 aliphatic carbocycles. The van der Waals surface area contributed by atoms with Gasteiger partial charge in [0.2, 0.25) is 5.91 Å². The minimum Gasteiger partial charge on any atom is -0.492 e. The standard InChI is InChI=1S/C9H10INO2/c10-7-3-1-2-4-8(7)13-6-5-9(11)12/h1-4H,5-6H2,(H2,11,12). The number of amides is 1. The second kappa shape index (κ2) is 5.06. The van der Waals surface area contributed by atoms with E-state index in [-0.39, 0.29) is 12.3 Å². The zero-order chi connectivity index (χ0) is 9.68. The van der Waals surface area contributed by atoms with E-state index in [9.17, 15) is 4.79 Å². The van der Waals surface area contributed by atoms with Gasteiger partial charge < -0.3 is 10.5 Å². The highest BCUT2D eigenvalue weighted by atomic mass is 127. The molecule has 0 saturated carbocycles. The van der Waals surface area contributed by atoms with Crippen LogP contribution in [0.3, 0.4) is 0 Å². The highest BCUT2D eigenvalue weighted by Gasteiger charge is 1.99. The van der Waals surface area contributed by atoms with Crippen LogP contribution in [0.4, 0.5) is 0 Å². The fourth-order valence-electron chi connectivity index (χ4n) is 0.823. The van der Waals surface area contributed by atoms with Crippen molar-refractivity contribution in [2.45, 2.75) is 6.42 Å². The molecule has 0 aromatic heterocycles. The van der Waals surface area contributed by atoms with Crippen molar-refractivity contribution in [3.8, 4) is 5.75 Å². The van der Waals surface area contributed by atoms with E-state index >= 15 is 0 Å². The van der Waals surface area contributed by atoms with Crippen LogP contribution in [0.2, 0.25) is 0 Å². The van der Waals surface area contributed by atoms with Gasteiger partial charge in [-0.3, -0.25) is 4.79 Å². The summed E-state index contributed by atoms with van der Waals surface area (Å²) in [6, 6.07) is 7.63. The Kier molecular flexibility index (Phi) is 4.01. The number of halogens is 1. The van der Waals surface area contributed by atoms with Gasteiger partial charge in [-0.1, -0.05) is 12.1 Å². The van der Waals surface area contributed by atoms with Crippen molar-refractivity contribution in [1.29, 1.82) is 0 Å². The molecule has 3 nitrogen and oxygen atoms in total. The number of rotatable bonds is 4. The third-order valence-electron chi connectivity index (χ3n) is 1.44. The lowest BCUT2D eigenvalue weighted by molar-refractivity contribution is -0.118. The molecule has 4 heteroatoms. The van der Waals surface area contributed by atoms with Gasteiger partial charge in [0, 0.05) is 0 Å². The number of carbonyl (C=O) groups is 1. The minimum atomic E-state index is -0.342. The molecule has 0 heterocycles. The third-order valence-corrected chi connectivity index (χ3v) is 2.33. The molecule has 0 spiro atoms. The first-order chi connectivity index (χ1) is 6.20. The number of carbonyl (C=O) groups excluding carboxylic acids is 1. The first-order valence-corrected chi connectivity index (χ1v) is 4.93. The lowest BCUT2D eigenvalue weighted by atomic mass is 10.3. The molecule has 0 radical (unpaired) electrons. The Labute approximate surface area is 90.4 Å². The lowest BCUT2D eigenvalue weighted by Gasteiger charge is -2.05. The van der Waals surface area contributed by atoms with E-state index in [4.69, 9.17) is 10.5 Å². The van der Waals surface area contributed by atoms with Gasteiger partial charge in [-0.15, -0.1) is 0 Å².